The third-order valence-electron chi connectivity index (χ3n) is 4.83. The van der Waals surface area contributed by atoms with Crippen LogP contribution in [0.25, 0.3) is 0 Å². The predicted octanol–water partition coefficient (Wildman–Crippen LogP) is 2.19. The number of amides is 1. The minimum absolute atomic E-state index is 0.0518. The van der Waals surface area contributed by atoms with Gasteiger partial charge in [0.15, 0.2) is 12.4 Å². The van der Waals surface area contributed by atoms with Gasteiger partial charge < -0.3 is 9.64 Å². The zero-order valence-electron chi connectivity index (χ0n) is 16.3. The van der Waals surface area contributed by atoms with Crippen LogP contribution in [0.3, 0.4) is 0 Å². The van der Waals surface area contributed by atoms with Crippen molar-refractivity contribution in [3.8, 4) is 5.75 Å². The molecule has 2 aromatic rings. The fourth-order valence-corrected chi connectivity index (χ4v) is 4.54. The molecule has 0 unspecified atom stereocenters. The number of sulfonamides is 1. The second kappa shape index (κ2) is 9.19. The standard InChI is InChI=1S/C21H24N2O5S/c1-2-20(24)17-8-10-18(11-9-17)28-16-21(25)22-12-14-23(15-13-22)29(26,27)19-6-4-3-5-7-19/h3-11H,2,12-16H2,1H3. The molecule has 154 valence electrons. The molecule has 0 atom stereocenters. The van der Waals surface area contributed by atoms with Crippen molar-refractivity contribution < 1.29 is 22.7 Å². The summed E-state index contributed by atoms with van der Waals surface area (Å²) in [6, 6.07) is 15.0. The molecule has 29 heavy (non-hydrogen) atoms. The average molecular weight is 416 g/mol. The van der Waals surface area contributed by atoms with Crippen molar-refractivity contribution in [3.05, 3.63) is 60.2 Å². The van der Waals surface area contributed by atoms with Gasteiger partial charge in [0.25, 0.3) is 5.91 Å². The van der Waals surface area contributed by atoms with Crippen molar-refractivity contribution in [2.24, 2.45) is 0 Å². The number of hydrogen-bond donors (Lipinski definition) is 0. The minimum Gasteiger partial charge on any atom is -0.484 e. The van der Waals surface area contributed by atoms with Crippen LogP contribution >= 0.6 is 0 Å². The van der Waals surface area contributed by atoms with E-state index < -0.39 is 10.0 Å². The zero-order chi connectivity index (χ0) is 20.9. The van der Waals surface area contributed by atoms with Crippen LogP contribution in [0.1, 0.15) is 23.7 Å². The van der Waals surface area contributed by atoms with E-state index in [1.54, 1.807) is 66.4 Å². The first-order valence-corrected chi connectivity index (χ1v) is 10.9. The van der Waals surface area contributed by atoms with Crippen LogP contribution in [0.15, 0.2) is 59.5 Å². The highest BCUT2D eigenvalue weighted by Gasteiger charge is 2.30. The summed E-state index contributed by atoms with van der Waals surface area (Å²) in [5, 5.41) is 0. The summed E-state index contributed by atoms with van der Waals surface area (Å²) in [5.41, 5.74) is 0.613. The molecule has 0 saturated carbocycles. The minimum atomic E-state index is -3.54. The number of rotatable bonds is 7. The second-order valence-corrected chi connectivity index (χ2v) is 8.63. The van der Waals surface area contributed by atoms with Crippen LogP contribution in [-0.2, 0) is 14.8 Å². The van der Waals surface area contributed by atoms with Crippen LogP contribution in [-0.4, -0.2) is 62.1 Å². The van der Waals surface area contributed by atoms with Gasteiger partial charge in [-0.3, -0.25) is 9.59 Å². The molecule has 1 amide bonds. The first kappa shape index (κ1) is 21.0. The fraction of sp³-hybridized carbons (Fsp3) is 0.333. The SMILES string of the molecule is CCC(=O)c1ccc(OCC(=O)N2CCN(S(=O)(=O)c3ccccc3)CC2)cc1. The van der Waals surface area contributed by atoms with E-state index >= 15 is 0 Å². The van der Waals surface area contributed by atoms with E-state index in [2.05, 4.69) is 0 Å². The molecule has 1 heterocycles. The summed E-state index contributed by atoms with van der Waals surface area (Å²) in [6.45, 7) is 2.80. The number of ether oxygens (including phenoxy) is 1. The molecule has 0 spiro atoms. The van der Waals surface area contributed by atoms with Gasteiger partial charge in [0.05, 0.1) is 4.90 Å². The van der Waals surface area contributed by atoms with Gasteiger partial charge in [0.2, 0.25) is 10.0 Å². The van der Waals surface area contributed by atoms with E-state index in [0.29, 0.717) is 30.8 Å². The molecule has 1 saturated heterocycles. The average Bonchev–Trinajstić information content (AvgIpc) is 2.78. The maximum Gasteiger partial charge on any atom is 0.260 e. The first-order chi connectivity index (χ1) is 13.9. The Labute approximate surface area is 170 Å². The first-order valence-electron chi connectivity index (χ1n) is 9.51. The summed E-state index contributed by atoms with van der Waals surface area (Å²) in [5.74, 6) is 0.364. The Morgan fingerprint density at radius 1 is 0.931 bits per heavy atom. The lowest BCUT2D eigenvalue weighted by atomic mass is 10.1. The Balaban J connectivity index is 1.51. The summed E-state index contributed by atoms with van der Waals surface area (Å²) in [7, 11) is -3.54. The van der Waals surface area contributed by atoms with Crippen LogP contribution in [0, 0.1) is 0 Å². The van der Waals surface area contributed by atoms with E-state index in [-0.39, 0.29) is 36.3 Å². The molecule has 0 N–H and O–H groups in total. The normalized spacial score (nSPS) is 15.1. The summed E-state index contributed by atoms with van der Waals surface area (Å²) >= 11 is 0. The molecule has 7 nitrogen and oxygen atoms in total. The molecule has 0 aromatic heterocycles. The maximum absolute atomic E-state index is 12.6. The van der Waals surface area contributed by atoms with Gasteiger partial charge in [-0.05, 0) is 36.4 Å². The van der Waals surface area contributed by atoms with Crippen LogP contribution < -0.4 is 4.74 Å². The van der Waals surface area contributed by atoms with E-state index in [0.717, 1.165) is 0 Å². The van der Waals surface area contributed by atoms with E-state index in [9.17, 15) is 18.0 Å². The smallest absolute Gasteiger partial charge is 0.260 e. The highest BCUT2D eigenvalue weighted by atomic mass is 32.2. The van der Waals surface area contributed by atoms with Crippen molar-refractivity contribution in [2.45, 2.75) is 18.2 Å². The Kier molecular flexibility index (Phi) is 6.66. The van der Waals surface area contributed by atoms with Gasteiger partial charge in [0.1, 0.15) is 5.75 Å². The number of carbonyl (C=O) groups excluding carboxylic acids is 2. The van der Waals surface area contributed by atoms with Crippen molar-refractivity contribution in [2.75, 3.05) is 32.8 Å². The fourth-order valence-electron chi connectivity index (χ4n) is 3.10. The van der Waals surface area contributed by atoms with Gasteiger partial charge in [0, 0.05) is 38.2 Å². The molecule has 1 aliphatic heterocycles. The van der Waals surface area contributed by atoms with Gasteiger partial charge in [-0.2, -0.15) is 4.31 Å². The van der Waals surface area contributed by atoms with E-state index in [4.69, 9.17) is 4.74 Å². The van der Waals surface area contributed by atoms with Crippen LogP contribution in [0.5, 0.6) is 5.75 Å². The highest BCUT2D eigenvalue weighted by Crippen LogP contribution is 2.18. The molecule has 0 bridgehead atoms. The molecule has 1 fully saturated rings. The molecule has 0 radical (unpaired) electrons. The van der Waals surface area contributed by atoms with Crippen LogP contribution in [0.2, 0.25) is 0 Å². The zero-order valence-corrected chi connectivity index (χ0v) is 17.1. The lowest BCUT2D eigenvalue weighted by Gasteiger charge is -2.33. The molecule has 1 aliphatic rings. The topological polar surface area (TPSA) is 84.0 Å². The van der Waals surface area contributed by atoms with Crippen molar-refractivity contribution in [3.63, 3.8) is 0 Å². The number of nitrogens with zero attached hydrogens (tertiary/aromatic N) is 2. The number of ketones is 1. The molecule has 8 heteroatoms. The molecule has 0 aliphatic carbocycles. The third kappa shape index (κ3) is 5.02. The van der Waals surface area contributed by atoms with Gasteiger partial charge in [-0.15, -0.1) is 0 Å². The highest BCUT2D eigenvalue weighted by molar-refractivity contribution is 7.89. The Hall–Kier alpha value is -2.71. The van der Waals surface area contributed by atoms with Crippen LogP contribution in [0.4, 0.5) is 0 Å². The summed E-state index contributed by atoms with van der Waals surface area (Å²) in [4.78, 5) is 25.9. The van der Waals surface area contributed by atoms with Gasteiger partial charge in [-0.1, -0.05) is 25.1 Å². The molecule has 3 rings (SSSR count). The maximum atomic E-state index is 12.6. The number of piperazine rings is 1. The predicted molar refractivity (Wildman–Crippen MR) is 108 cm³/mol. The lowest BCUT2D eigenvalue weighted by molar-refractivity contribution is -0.134. The molecular formula is C21H24N2O5S. The number of carbonyl (C=O) groups is 2. The number of hydrogen-bond acceptors (Lipinski definition) is 5. The summed E-state index contributed by atoms with van der Waals surface area (Å²) in [6.07, 6.45) is 0.435. The van der Waals surface area contributed by atoms with Gasteiger partial charge in [-0.25, -0.2) is 8.42 Å². The van der Waals surface area contributed by atoms with Crippen molar-refractivity contribution in [1.29, 1.82) is 0 Å². The third-order valence-corrected chi connectivity index (χ3v) is 6.74. The monoisotopic (exact) mass is 416 g/mol. The Morgan fingerprint density at radius 3 is 2.14 bits per heavy atom. The van der Waals surface area contributed by atoms with E-state index in [1.165, 1.54) is 4.31 Å². The molecule has 2 aromatic carbocycles. The Morgan fingerprint density at radius 2 is 1.55 bits per heavy atom. The van der Waals surface area contributed by atoms with Crippen molar-refractivity contribution in [1.82, 2.24) is 9.21 Å². The van der Waals surface area contributed by atoms with Gasteiger partial charge >= 0.3 is 0 Å². The number of benzene rings is 2. The summed E-state index contributed by atoms with van der Waals surface area (Å²) < 4.78 is 32.2. The Bertz CT molecular complexity index is 950. The number of Topliss-reactive ketones (excluding diaryl/α,β-unsaturated/α-hetero) is 1. The quantitative estimate of drug-likeness (QED) is 0.646. The van der Waals surface area contributed by atoms with E-state index in [1.807, 2.05) is 0 Å². The molecular weight excluding hydrogens is 392 g/mol. The largest absolute Gasteiger partial charge is 0.484 e. The second-order valence-electron chi connectivity index (χ2n) is 6.69. The van der Waals surface area contributed by atoms with Crippen molar-refractivity contribution >= 4 is 21.7 Å². The lowest BCUT2D eigenvalue weighted by Crippen LogP contribution is -2.51.